The molecule has 4 aromatic rings. The Morgan fingerprint density at radius 2 is 1.00 bits per heavy atom. The number of esters is 2. The highest BCUT2D eigenvalue weighted by atomic mass is 16.5. The third-order valence-corrected chi connectivity index (χ3v) is 7.67. The number of carbonyl (C=O) groups excluding carboxylic acids is 2. The number of aromatic hydroxyl groups is 2. The highest BCUT2D eigenvalue weighted by Gasteiger charge is 2.18. The topological polar surface area (TPSA) is 93.1 Å². The van der Waals surface area contributed by atoms with Crippen LogP contribution in [0.25, 0.3) is 21.5 Å². The van der Waals surface area contributed by atoms with E-state index in [0.29, 0.717) is 29.7 Å². The number of benzene rings is 4. The Kier molecular flexibility index (Phi) is 15.1. The molecular formula is C38H48O6. The average molecular weight is 601 g/mol. The zero-order chi connectivity index (χ0) is 31.6. The fraction of sp³-hybridized carbons (Fsp3) is 0.421. The summed E-state index contributed by atoms with van der Waals surface area (Å²) in [5, 5.41) is 23.0. The summed E-state index contributed by atoms with van der Waals surface area (Å²) in [7, 11) is 0. The minimum absolute atomic E-state index is 0.0525. The summed E-state index contributed by atoms with van der Waals surface area (Å²) in [6, 6.07) is 21.9. The first kappa shape index (κ1) is 34.4. The quantitative estimate of drug-likeness (QED) is 0.0575. The van der Waals surface area contributed by atoms with E-state index in [0.717, 1.165) is 41.8 Å². The van der Waals surface area contributed by atoms with Crippen molar-refractivity contribution in [3.8, 4) is 11.5 Å². The summed E-state index contributed by atoms with van der Waals surface area (Å²) in [4.78, 5) is 24.7. The maximum atomic E-state index is 12.4. The minimum atomic E-state index is -0.444. The molecule has 4 rings (SSSR count). The van der Waals surface area contributed by atoms with Crippen LogP contribution >= 0.6 is 0 Å². The minimum Gasteiger partial charge on any atom is -0.504 e. The van der Waals surface area contributed by atoms with Crippen LogP contribution in [-0.4, -0.2) is 35.4 Å². The summed E-state index contributed by atoms with van der Waals surface area (Å²) in [5.41, 5.74) is 0.586. The molecule has 0 aliphatic rings. The van der Waals surface area contributed by atoms with E-state index in [9.17, 15) is 19.8 Å². The van der Waals surface area contributed by atoms with Gasteiger partial charge in [0.1, 0.15) is 0 Å². The van der Waals surface area contributed by atoms with Gasteiger partial charge in [0.05, 0.1) is 24.3 Å². The molecule has 236 valence electrons. The van der Waals surface area contributed by atoms with Gasteiger partial charge in [0, 0.05) is 5.39 Å². The number of phenols is 2. The van der Waals surface area contributed by atoms with Gasteiger partial charge in [-0.15, -0.1) is 0 Å². The first-order valence-electron chi connectivity index (χ1n) is 16.2. The molecule has 44 heavy (non-hydrogen) atoms. The molecule has 0 saturated heterocycles. The number of unbranched alkanes of at least 4 members (excludes halogenated alkanes) is 10. The lowest BCUT2D eigenvalue weighted by Crippen LogP contribution is -2.15. The van der Waals surface area contributed by atoms with Crippen molar-refractivity contribution in [3.63, 3.8) is 0 Å². The zero-order valence-corrected chi connectivity index (χ0v) is 26.4. The standard InChI is InChI=1S/C24H38O4.C14H10O2/c1-3-5-7-9-11-15-19-27-23(25)21-17-13-14-18-22(21)24(26)28-20-16-12-10-8-6-4-2;15-13-6-5-11-7-9-3-1-2-4-10(9)8-12(11)14(13)16/h13-14,17-18H,3-12,15-16,19-20H2,1-2H3;1-8,15-16H. The van der Waals surface area contributed by atoms with E-state index < -0.39 is 11.9 Å². The van der Waals surface area contributed by atoms with Crippen LogP contribution in [0, 0.1) is 0 Å². The Balaban J connectivity index is 0.000000275. The number of ether oxygens (including phenoxy) is 2. The predicted molar refractivity (Wildman–Crippen MR) is 179 cm³/mol. The molecule has 0 heterocycles. The van der Waals surface area contributed by atoms with Crippen molar-refractivity contribution in [3.05, 3.63) is 83.9 Å². The van der Waals surface area contributed by atoms with Gasteiger partial charge >= 0.3 is 11.9 Å². The number of hydrogen-bond donors (Lipinski definition) is 2. The van der Waals surface area contributed by atoms with Crippen LogP contribution in [0.3, 0.4) is 0 Å². The Hall–Kier alpha value is -4.06. The molecule has 6 nitrogen and oxygen atoms in total. The van der Waals surface area contributed by atoms with E-state index in [4.69, 9.17) is 9.47 Å². The van der Waals surface area contributed by atoms with Crippen molar-refractivity contribution in [2.45, 2.75) is 90.9 Å². The van der Waals surface area contributed by atoms with Crippen LogP contribution < -0.4 is 0 Å². The molecule has 0 aromatic heterocycles. The molecular weight excluding hydrogens is 552 g/mol. The van der Waals surface area contributed by atoms with Gasteiger partial charge in [0.25, 0.3) is 0 Å². The molecule has 0 spiro atoms. The van der Waals surface area contributed by atoms with Crippen molar-refractivity contribution in [2.24, 2.45) is 0 Å². The lowest BCUT2D eigenvalue weighted by atomic mass is 10.0. The van der Waals surface area contributed by atoms with Crippen molar-refractivity contribution in [1.82, 2.24) is 0 Å². The molecule has 0 aliphatic carbocycles. The molecule has 0 bridgehead atoms. The predicted octanol–water partition coefficient (Wildman–Crippen LogP) is 10.1. The molecule has 0 fully saturated rings. The van der Waals surface area contributed by atoms with E-state index in [1.165, 1.54) is 57.4 Å². The molecule has 0 aliphatic heterocycles. The Morgan fingerprint density at radius 3 is 1.52 bits per heavy atom. The van der Waals surface area contributed by atoms with Gasteiger partial charge in [0.15, 0.2) is 11.5 Å². The van der Waals surface area contributed by atoms with Crippen molar-refractivity contribution in [1.29, 1.82) is 0 Å². The van der Waals surface area contributed by atoms with Gasteiger partial charge in [-0.25, -0.2) is 9.59 Å². The fourth-order valence-electron chi connectivity index (χ4n) is 5.08. The molecule has 2 N–H and O–H groups in total. The number of hydrogen-bond acceptors (Lipinski definition) is 6. The molecule has 0 unspecified atom stereocenters. The molecule has 0 radical (unpaired) electrons. The van der Waals surface area contributed by atoms with Crippen LogP contribution in [0.15, 0.2) is 72.8 Å². The van der Waals surface area contributed by atoms with Gasteiger partial charge in [-0.1, -0.05) is 121 Å². The zero-order valence-electron chi connectivity index (χ0n) is 26.4. The number of rotatable bonds is 16. The summed E-state index contributed by atoms with van der Waals surface area (Å²) in [5.74, 6) is -1.02. The van der Waals surface area contributed by atoms with Crippen LogP contribution in [0.4, 0.5) is 0 Å². The Bertz CT molecular complexity index is 1410. The lowest BCUT2D eigenvalue weighted by molar-refractivity contribution is 0.0450. The van der Waals surface area contributed by atoms with Crippen LogP contribution in [-0.2, 0) is 9.47 Å². The second-order valence-corrected chi connectivity index (χ2v) is 11.2. The van der Waals surface area contributed by atoms with Crippen molar-refractivity contribution < 1.29 is 29.3 Å². The van der Waals surface area contributed by atoms with Crippen LogP contribution in [0.1, 0.15) is 112 Å². The van der Waals surface area contributed by atoms with Gasteiger partial charge in [-0.2, -0.15) is 0 Å². The summed E-state index contributed by atoms with van der Waals surface area (Å²) in [6.45, 7) is 5.17. The van der Waals surface area contributed by atoms with Crippen molar-refractivity contribution >= 4 is 33.5 Å². The smallest absolute Gasteiger partial charge is 0.339 e. The highest BCUT2D eigenvalue weighted by molar-refractivity contribution is 6.03. The lowest BCUT2D eigenvalue weighted by Gasteiger charge is -2.10. The van der Waals surface area contributed by atoms with E-state index in [1.54, 1.807) is 30.3 Å². The third-order valence-electron chi connectivity index (χ3n) is 7.67. The summed E-state index contributed by atoms with van der Waals surface area (Å²) >= 11 is 0. The molecule has 6 heteroatoms. The maximum Gasteiger partial charge on any atom is 0.339 e. The van der Waals surface area contributed by atoms with Gasteiger partial charge < -0.3 is 19.7 Å². The second-order valence-electron chi connectivity index (χ2n) is 11.2. The molecule has 0 amide bonds. The number of fused-ring (bicyclic) bond motifs is 2. The normalized spacial score (nSPS) is 10.8. The van der Waals surface area contributed by atoms with E-state index >= 15 is 0 Å². The van der Waals surface area contributed by atoms with Crippen LogP contribution in [0.2, 0.25) is 0 Å². The average Bonchev–Trinajstić information content (AvgIpc) is 3.05. The largest absolute Gasteiger partial charge is 0.504 e. The monoisotopic (exact) mass is 600 g/mol. The number of phenolic OH excluding ortho intramolecular Hbond substituents is 2. The van der Waals surface area contributed by atoms with Gasteiger partial charge in [-0.05, 0) is 59.3 Å². The van der Waals surface area contributed by atoms with E-state index in [-0.39, 0.29) is 11.5 Å². The first-order valence-corrected chi connectivity index (χ1v) is 16.2. The SMILES string of the molecule is CCCCCCCCOC(=O)c1ccccc1C(=O)OCCCCCCCC.Oc1ccc2cc3ccccc3cc2c1O. The fourth-order valence-corrected chi connectivity index (χ4v) is 5.08. The highest BCUT2D eigenvalue weighted by Crippen LogP contribution is 2.35. The van der Waals surface area contributed by atoms with E-state index in [2.05, 4.69) is 13.8 Å². The molecule has 4 aromatic carbocycles. The summed E-state index contributed by atoms with van der Waals surface area (Å²) in [6.07, 6.45) is 13.6. The first-order chi connectivity index (χ1) is 21.5. The van der Waals surface area contributed by atoms with Crippen LogP contribution in [0.5, 0.6) is 11.5 Å². The van der Waals surface area contributed by atoms with E-state index in [1.807, 2.05) is 36.4 Å². The Morgan fingerprint density at radius 1 is 0.545 bits per heavy atom. The number of carbonyl (C=O) groups is 2. The Labute approximate surface area is 262 Å². The van der Waals surface area contributed by atoms with Crippen molar-refractivity contribution in [2.75, 3.05) is 13.2 Å². The molecule has 0 atom stereocenters. The molecule has 0 saturated carbocycles. The summed E-state index contributed by atoms with van der Waals surface area (Å²) < 4.78 is 10.7. The van der Waals surface area contributed by atoms with Gasteiger partial charge in [0.2, 0.25) is 0 Å². The third kappa shape index (κ3) is 10.9. The maximum absolute atomic E-state index is 12.4. The van der Waals surface area contributed by atoms with Gasteiger partial charge in [-0.3, -0.25) is 0 Å². The second kappa shape index (κ2) is 19.3.